The van der Waals surface area contributed by atoms with Crippen LogP contribution in [-0.4, -0.2) is 77.1 Å². The molecule has 4 aliphatic rings. The second kappa shape index (κ2) is 6.83. The van der Waals surface area contributed by atoms with Crippen molar-refractivity contribution >= 4 is 6.03 Å². The van der Waals surface area contributed by atoms with Crippen LogP contribution in [0.15, 0.2) is 0 Å². The van der Waals surface area contributed by atoms with Crippen LogP contribution in [0, 0.1) is 0 Å². The molecule has 4 fully saturated rings. The molecule has 1 N–H and O–H groups in total. The minimum absolute atomic E-state index is 0.191. The number of urea groups is 1. The summed E-state index contributed by atoms with van der Waals surface area (Å²) in [6.45, 7) is 8.78. The molecule has 2 amide bonds. The minimum atomic E-state index is 0.191. The molecule has 1 aliphatic carbocycles. The zero-order valence-electron chi connectivity index (χ0n) is 15.4. The van der Waals surface area contributed by atoms with Gasteiger partial charge in [-0.3, -0.25) is 4.90 Å². The van der Waals surface area contributed by atoms with Gasteiger partial charge in [0.2, 0.25) is 0 Å². The molecule has 2 bridgehead atoms. The predicted molar refractivity (Wildman–Crippen MR) is 96.1 cm³/mol. The molecule has 3 saturated heterocycles. The average molecular weight is 335 g/mol. The van der Waals surface area contributed by atoms with Gasteiger partial charge in [-0.2, -0.15) is 0 Å². The Bertz CT molecular complexity index is 456. The van der Waals surface area contributed by atoms with Crippen LogP contribution in [-0.2, 0) is 0 Å². The van der Waals surface area contributed by atoms with Crippen molar-refractivity contribution in [1.82, 2.24) is 20.0 Å². The molecule has 0 aromatic carbocycles. The fraction of sp³-hybridized carbons (Fsp3) is 0.947. The number of likely N-dealkylation sites (tertiary alicyclic amines) is 2. The first-order valence-electron chi connectivity index (χ1n) is 10.2. The number of amides is 2. The molecule has 1 saturated carbocycles. The highest BCUT2D eigenvalue weighted by Crippen LogP contribution is 2.32. The summed E-state index contributed by atoms with van der Waals surface area (Å²) in [5.41, 5.74) is 0. The first kappa shape index (κ1) is 16.6. The molecular weight excluding hydrogens is 300 g/mol. The van der Waals surface area contributed by atoms with Crippen molar-refractivity contribution in [1.29, 1.82) is 0 Å². The summed E-state index contributed by atoms with van der Waals surface area (Å²) >= 11 is 0. The standard InChI is InChI=1S/C19H34N4O/c1-14(2)23-17-5-6-18(23)13-22(12-9-17)19(24)20-15-7-10-21(11-8-15)16-3-4-16/h14-18H,3-13H2,1-2H3,(H,20,24). The Morgan fingerprint density at radius 1 is 0.875 bits per heavy atom. The van der Waals surface area contributed by atoms with Gasteiger partial charge in [-0.05, 0) is 58.8 Å². The molecular formula is C19H34N4O. The van der Waals surface area contributed by atoms with E-state index < -0.39 is 0 Å². The van der Waals surface area contributed by atoms with Crippen LogP contribution in [0.1, 0.15) is 58.8 Å². The number of nitrogens with zero attached hydrogens (tertiary/aromatic N) is 3. The number of fused-ring (bicyclic) bond motifs is 2. The van der Waals surface area contributed by atoms with Crippen LogP contribution in [0.4, 0.5) is 4.79 Å². The maximum absolute atomic E-state index is 12.8. The van der Waals surface area contributed by atoms with Gasteiger partial charge in [0, 0.05) is 56.4 Å². The van der Waals surface area contributed by atoms with Gasteiger partial charge in [0.05, 0.1) is 0 Å². The molecule has 0 spiro atoms. The average Bonchev–Trinajstić information content (AvgIpc) is 3.32. The first-order chi connectivity index (χ1) is 11.6. The fourth-order valence-corrected chi connectivity index (χ4v) is 5.25. The molecule has 136 valence electrons. The quantitative estimate of drug-likeness (QED) is 0.860. The lowest BCUT2D eigenvalue weighted by Crippen LogP contribution is -2.51. The van der Waals surface area contributed by atoms with Crippen molar-refractivity contribution in [3.05, 3.63) is 0 Å². The van der Waals surface area contributed by atoms with E-state index in [1.165, 1.54) is 38.8 Å². The number of nitrogens with one attached hydrogen (secondary N) is 1. The van der Waals surface area contributed by atoms with Gasteiger partial charge in [0.15, 0.2) is 0 Å². The normalized spacial score (nSPS) is 33.0. The summed E-state index contributed by atoms with van der Waals surface area (Å²) < 4.78 is 0. The first-order valence-corrected chi connectivity index (χ1v) is 10.2. The van der Waals surface area contributed by atoms with E-state index >= 15 is 0 Å². The molecule has 0 radical (unpaired) electrons. The lowest BCUT2D eigenvalue weighted by atomic mass is 10.0. The van der Waals surface area contributed by atoms with Crippen LogP contribution in [0.2, 0.25) is 0 Å². The smallest absolute Gasteiger partial charge is 0.317 e. The summed E-state index contributed by atoms with van der Waals surface area (Å²) in [7, 11) is 0. The molecule has 5 heteroatoms. The highest BCUT2D eigenvalue weighted by atomic mass is 16.2. The predicted octanol–water partition coefficient (Wildman–Crippen LogP) is 2.27. The molecule has 3 heterocycles. The summed E-state index contributed by atoms with van der Waals surface area (Å²) in [5, 5.41) is 3.34. The van der Waals surface area contributed by atoms with E-state index in [9.17, 15) is 4.79 Å². The largest absolute Gasteiger partial charge is 0.335 e. The molecule has 5 nitrogen and oxygen atoms in total. The van der Waals surface area contributed by atoms with Gasteiger partial charge in [0.25, 0.3) is 0 Å². The Labute approximate surface area is 146 Å². The van der Waals surface area contributed by atoms with Crippen LogP contribution in [0.5, 0.6) is 0 Å². The van der Waals surface area contributed by atoms with Crippen molar-refractivity contribution in [2.45, 2.75) is 89.0 Å². The molecule has 3 aliphatic heterocycles. The van der Waals surface area contributed by atoms with E-state index in [0.29, 0.717) is 24.2 Å². The molecule has 4 rings (SSSR count). The molecule has 0 aromatic rings. The van der Waals surface area contributed by atoms with E-state index in [1.54, 1.807) is 0 Å². The highest BCUT2D eigenvalue weighted by Gasteiger charge is 2.40. The zero-order valence-corrected chi connectivity index (χ0v) is 15.4. The third kappa shape index (κ3) is 3.43. The number of hydrogen-bond acceptors (Lipinski definition) is 3. The van der Waals surface area contributed by atoms with Gasteiger partial charge in [0.1, 0.15) is 0 Å². The van der Waals surface area contributed by atoms with Gasteiger partial charge >= 0.3 is 6.03 Å². The van der Waals surface area contributed by atoms with Crippen LogP contribution >= 0.6 is 0 Å². The topological polar surface area (TPSA) is 38.8 Å². The van der Waals surface area contributed by atoms with Gasteiger partial charge < -0.3 is 15.1 Å². The van der Waals surface area contributed by atoms with E-state index in [2.05, 4.69) is 33.9 Å². The van der Waals surface area contributed by atoms with Crippen molar-refractivity contribution in [3.63, 3.8) is 0 Å². The van der Waals surface area contributed by atoms with E-state index in [1.807, 2.05) is 0 Å². The Hall–Kier alpha value is -0.810. The van der Waals surface area contributed by atoms with Gasteiger partial charge in [-0.25, -0.2) is 4.79 Å². The van der Waals surface area contributed by atoms with E-state index in [4.69, 9.17) is 0 Å². The van der Waals surface area contributed by atoms with Crippen LogP contribution < -0.4 is 5.32 Å². The molecule has 0 aromatic heterocycles. The zero-order chi connectivity index (χ0) is 16.7. The summed E-state index contributed by atoms with van der Waals surface area (Å²) in [5.74, 6) is 0. The molecule has 2 atom stereocenters. The van der Waals surface area contributed by atoms with Gasteiger partial charge in [-0.15, -0.1) is 0 Å². The maximum Gasteiger partial charge on any atom is 0.317 e. The van der Waals surface area contributed by atoms with E-state index in [0.717, 1.165) is 38.4 Å². The van der Waals surface area contributed by atoms with Crippen molar-refractivity contribution in [2.75, 3.05) is 26.2 Å². The highest BCUT2D eigenvalue weighted by molar-refractivity contribution is 5.74. The number of carbonyl (C=O) groups is 1. The Balaban J connectivity index is 1.29. The second-order valence-electron chi connectivity index (χ2n) is 8.65. The van der Waals surface area contributed by atoms with Crippen molar-refractivity contribution < 1.29 is 4.79 Å². The van der Waals surface area contributed by atoms with Crippen LogP contribution in [0.3, 0.4) is 0 Å². The minimum Gasteiger partial charge on any atom is -0.335 e. The summed E-state index contributed by atoms with van der Waals surface area (Å²) in [6.07, 6.45) is 8.74. The monoisotopic (exact) mass is 334 g/mol. The summed E-state index contributed by atoms with van der Waals surface area (Å²) in [4.78, 5) is 20.2. The number of piperidine rings is 1. The maximum atomic E-state index is 12.8. The Kier molecular flexibility index (Phi) is 4.74. The number of rotatable bonds is 3. The SMILES string of the molecule is CC(C)N1C2CCC1CN(C(=O)NC1CCN(C3CC3)CC1)CC2. The molecule has 24 heavy (non-hydrogen) atoms. The van der Waals surface area contributed by atoms with Gasteiger partial charge in [-0.1, -0.05) is 0 Å². The lowest BCUT2D eigenvalue weighted by Gasteiger charge is -2.34. The third-order valence-corrected chi connectivity index (χ3v) is 6.64. The fourth-order valence-electron chi connectivity index (χ4n) is 5.25. The van der Waals surface area contributed by atoms with E-state index in [-0.39, 0.29) is 6.03 Å². The molecule has 2 unspecified atom stereocenters. The second-order valence-corrected chi connectivity index (χ2v) is 8.65. The Morgan fingerprint density at radius 3 is 2.21 bits per heavy atom. The lowest BCUT2D eigenvalue weighted by molar-refractivity contribution is 0.143. The number of hydrogen-bond donors (Lipinski definition) is 1. The Morgan fingerprint density at radius 2 is 1.54 bits per heavy atom. The van der Waals surface area contributed by atoms with Crippen LogP contribution in [0.25, 0.3) is 0 Å². The number of carbonyl (C=O) groups excluding carboxylic acids is 1. The van der Waals surface area contributed by atoms with Crippen molar-refractivity contribution in [3.8, 4) is 0 Å². The third-order valence-electron chi connectivity index (χ3n) is 6.64. The summed E-state index contributed by atoms with van der Waals surface area (Å²) in [6, 6.07) is 3.29. The van der Waals surface area contributed by atoms with Crippen molar-refractivity contribution in [2.24, 2.45) is 0 Å².